The van der Waals surface area contributed by atoms with Crippen molar-refractivity contribution in [1.29, 1.82) is 0 Å². The maximum absolute atomic E-state index is 12.8. The number of allylic oxidation sites excluding steroid dienone is 2. The fourth-order valence-electron chi connectivity index (χ4n) is 4.18. The van der Waals surface area contributed by atoms with Gasteiger partial charge in [-0.2, -0.15) is 0 Å². The van der Waals surface area contributed by atoms with Crippen molar-refractivity contribution in [3.05, 3.63) is 83.5 Å². The average Bonchev–Trinajstić information content (AvgIpc) is 3.18. The van der Waals surface area contributed by atoms with E-state index in [9.17, 15) is 19.2 Å². The highest BCUT2D eigenvalue weighted by molar-refractivity contribution is 6.05. The van der Waals surface area contributed by atoms with Crippen LogP contribution in [0.25, 0.3) is 0 Å². The molecule has 9 heteroatoms. The molecule has 2 heterocycles. The van der Waals surface area contributed by atoms with Crippen LogP contribution in [0.4, 0.5) is 10.5 Å². The molecule has 2 aromatic carbocycles. The molecule has 1 unspecified atom stereocenters. The van der Waals surface area contributed by atoms with Crippen LogP contribution in [0.1, 0.15) is 41.3 Å². The van der Waals surface area contributed by atoms with E-state index >= 15 is 0 Å². The van der Waals surface area contributed by atoms with Crippen molar-refractivity contribution in [2.75, 3.05) is 11.9 Å². The molecule has 0 aliphatic carbocycles. The first kappa shape index (κ1) is 24.7. The van der Waals surface area contributed by atoms with Crippen LogP contribution in [0, 0.1) is 0 Å². The average molecular weight is 489 g/mol. The van der Waals surface area contributed by atoms with Gasteiger partial charge in [-0.1, -0.05) is 30.9 Å². The summed E-state index contributed by atoms with van der Waals surface area (Å²) in [6, 6.07) is 11.4. The van der Waals surface area contributed by atoms with Gasteiger partial charge in [0.1, 0.15) is 18.4 Å². The number of hydrogen-bond donors (Lipinski definition) is 3. The van der Waals surface area contributed by atoms with Gasteiger partial charge in [0.25, 0.3) is 5.91 Å². The minimum Gasteiger partial charge on any atom is -0.489 e. The molecule has 1 atom stereocenters. The Bertz CT molecular complexity index is 1240. The Morgan fingerprint density at radius 3 is 2.69 bits per heavy atom. The van der Waals surface area contributed by atoms with Gasteiger partial charge in [0.05, 0.1) is 0 Å². The monoisotopic (exact) mass is 488 g/mol. The highest BCUT2D eigenvalue weighted by Crippen LogP contribution is 2.28. The standard InChI is InChI=1S/C27H28N4O5/c1-3-4-17(2)16-36-21-8-6-20(7-9-21)29-27(35)28-14-18-5-10-22-19(13-18)15-31(26(22)34)23-11-12-24(32)30-25(23)33/h3-10,13,23H,1,11-12,14-16H2,2H3,(H2,28,29,35)(H,30,32,33)/b17-4+. The Morgan fingerprint density at radius 2 is 1.97 bits per heavy atom. The van der Waals surface area contributed by atoms with E-state index in [-0.39, 0.29) is 37.4 Å². The number of urea groups is 1. The molecule has 0 spiro atoms. The van der Waals surface area contributed by atoms with E-state index in [1.807, 2.05) is 19.1 Å². The Hall–Kier alpha value is -4.40. The van der Waals surface area contributed by atoms with Crippen LogP contribution in [0.2, 0.25) is 0 Å². The molecule has 186 valence electrons. The Balaban J connectivity index is 1.29. The molecule has 36 heavy (non-hydrogen) atoms. The molecular formula is C27H28N4O5. The molecule has 1 fully saturated rings. The maximum Gasteiger partial charge on any atom is 0.319 e. The summed E-state index contributed by atoms with van der Waals surface area (Å²) in [7, 11) is 0. The van der Waals surface area contributed by atoms with Gasteiger partial charge in [0, 0.05) is 30.8 Å². The normalized spacial score (nSPS) is 17.4. The maximum atomic E-state index is 12.8. The predicted molar refractivity (Wildman–Crippen MR) is 134 cm³/mol. The number of ether oxygens (including phenoxy) is 1. The van der Waals surface area contributed by atoms with Gasteiger partial charge in [-0.05, 0) is 60.4 Å². The SMILES string of the molecule is C=C/C=C(\C)COc1ccc(NC(=O)NCc2ccc3c(c2)CN(C2CCC(=O)NC2=O)C3=O)cc1. The van der Waals surface area contributed by atoms with E-state index in [1.54, 1.807) is 42.5 Å². The number of benzene rings is 2. The second kappa shape index (κ2) is 10.9. The molecule has 0 bridgehead atoms. The zero-order valence-electron chi connectivity index (χ0n) is 20.0. The summed E-state index contributed by atoms with van der Waals surface area (Å²) >= 11 is 0. The van der Waals surface area contributed by atoms with Crippen LogP contribution >= 0.6 is 0 Å². The number of rotatable bonds is 8. The highest BCUT2D eigenvalue weighted by atomic mass is 16.5. The first-order valence-corrected chi connectivity index (χ1v) is 11.7. The molecule has 0 saturated carbocycles. The van der Waals surface area contributed by atoms with Crippen molar-refractivity contribution in [1.82, 2.24) is 15.5 Å². The number of piperidine rings is 1. The molecule has 0 radical (unpaired) electrons. The molecule has 0 aromatic heterocycles. The lowest BCUT2D eigenvalue weighted by Crippen LogP contribution is -2.52. The van der Waals surface area contributed by atoms with Gasteiger partial charge in [-0.3, -0.25) is 19.7 Å². The number of nitrogens with zero attached hydrogens (tertiary/aromatic N) is 1. The summed E-state index contributed by atoms with van der Waals surface area (Å²) in [5.74, 6) is -0.291. The number of hydrogen-bond acceptors (Lipinski definition) is 5. The zero-order chi connectivity index (χ0) is 25.7. The van der Waals surface area contributed by atoms with E-state index in [2.05, 4.69) is 22.5 Å². The van der Waals surface area contributed by atoms with Crippen LogP contribution < -0.4 is 20.7 Å². The van der Waals surface area contributed by atoms with Crippen molar-refractivity contribution in [3.8, 4) is 5.75 Å². The minimum atomic E-state index is -0.653. The number of carbonyl (C=O) groups excluding carboxylic acids is 4. The fraction of sp³-hybridized carbons (Fsp3) is 0.259. The van der Waals surface area contributed by atoms with Crippen LogP contribution in [-0.2, 0) is 22.7 Å². The summed E-state index contributed by atoms with van der Waals surface area (Å²) in [5.41, 5.74) is 3.82. The number of imide groups is 1. The lowest BCUT2D eigenvalue weighted by molar-refractivity contribution is -0.136. The quantitative estimate of drug-likeness (QED) is 0.390. The molecule has 4 rings (SSSR count). The summed E-state index contributed by atoms with van der Waals surface area (Å²) in [5, 5.41) is 7.88. The van der Waals surface area contributed by atoms with Crippen molar-refractivity contribution in [2.24, 2.45) is 0 Å². The van der Waals surface area contributed by atoms with E-state index < -0.39 is 11.9 Å². The van der Waals surface area contributed by atoms with Crippen LogP contribution in [0.3, 0.4) is 0 Å². The van der Waals surface area contributed by atoms with E-state index in [0.29, 0.717) is 30.0 Å². The number of carbonyl (C=O) groups is 4. The number of fused-ring (bicyclic) bond motifs is 1. The highest BCUT2D eigenvalue weighted by Gasteiger charge is 2.39. The van der Waals surface area contributed by atoms with Crippen LogP contribution in [0.5, 0.6) is 5.75 Å². The van der Waals surface area contributed by atoms with Crippen molar-refractivity contribution >= 4 is 29.4 Å². The van der Waals surface area contributed by atoms with Crippen molar-refractivity contribution in [2.45, 2.75) is 38.9 Å². The topological polar surface area (TPSA) is 117 Å². The third kappa shape index (κ3) is 5.80. The molecule has 5 amide bonds. The molecule has 2 aliphatic heterocycles. The summed E-state index contributed by atoms with van der Waals surface area (Å²) < 4.78 is 5.68. The number of amides is 5. The van der Waals surface area contributed by atoms with Crippen molar-refractivity contribution in [3.63, 3.8) is 0 Å². The third-order valence-electron chi connectivity index (χ3n) is 6.02. The third-order valence-corrected chi connectivity index (χ3v) is 6.02. The minimum absolute atomic E-state index is 0.212. The lowest BCUT2D eigenvalue weighted by atomic mass is 10.0. The molecule has 2 aliphatic rings. The first-order valence-electron chi connectivity index (χ1n) is 11.7. The summed E-state index contributed by atoms with van der Waals surface area (Å²) in [6.45, 7) is 6.62. The van der Waals surface area contributed by atoms with E-state index in [0.717, 1.165) is 16.7 Å². The van der Waals surface area contributed by atoms with Crippen LogP contribution in [-0.4, -0.2) is 41.3 Å². The number of anilines is 1. The summed E-state index contributed by atoms with van der Waals surface area (Å²) in [6.07, 6.45) is 4.12. The first-order chi connectivity index (χ1) is 17.3. The van der Waals surface area contributed by atoms with Gasteiger partial charge in [-0.25, -0.2) is 4.79 Å². The van der Waals surface area contributed by atoms with Gasteiger partial charge < -0.3 is 20.3 Å². The molecule has 1 saturated heterocycles. The van der Waals surface area contributed by atoms with Gasteiger partial charge in [0.2, 0.25) is 11.8 Å². The Labute approximate surface area is 209 Å². The van der Waals surface area contributed by atoms with Crippen LogP contribution in [0.15, 0.2) is 66.8 Å². The zero-order valence-corrected chi connectivity index (χ0v) is 20.0. The smallest absolute Gasteiger partial charge is 0.319 e. The molecule has 9 nitrogen and oxygen atoms in total. The van der Waals surface area contributed by atoms with Gasteiger partial charge in [-0.15, -0.1) is 0 Å². The second-order valence-electron chi connectivity index (χ2n) is 8.76. The Morgan fingerprint density at radius 1 is 1.19 bits per heavy atom. The molecular weight excluding hydrogens is 460 g/mol. The van der Waals surface area contributed by atoms with E-state index in [1.165, 1.54) is 4.90 Å². The van der Waals surface area contributed by atoms with Crippen molar-refractivity contribution < 1.29 is 23.9 Å². The Kier molecular flexibility index (Phi) is 7.48. The second-order valence-corrected chi connectivity index (χ2v) is 8.76. The largest absolute Gasteiger partial charge is 0.489 e. The molecule has 2 aromatic rings. The number of nitrogens with one attached hydrogen (secondary N) is 3. The lowest BCUT2D eigenvalue weighted by Gasteiger charge is -2.29. The fourth-order valence-corrected chi connectivity index (χ4v) is 4.18. The van der Waals surface area contributed by atoms with Gasteiger partial charge in [0.15, 0.2) is 0 Å². The predicted octanol–water partition coefficient (Wildman–Crippen LogP) is 3.28. The van der Waals surface area contributed by atoms with E-state index in [4.69, 9.17) is 4.74 Å². The summed E-state index contributed by atoms with van der Waals surface area (Å²) in [4.78, 5) is 50.3. The molecule has 3 N–H and O–H groups in total. The van der Waals surface area contributed by atoms with Gasteiger partial charge >= 0.3 is 6.03 Å².